The number of nitrogens with zero attached hydrogens (tertiary/aromatic N) is 4. The van der Waals surface area contributed by atoms with Crippen LogP contribution in [0.5, 0.6) is 0 Å². The SMILES string of the molecule is Cc1c(C(=O)NCc2ccnn2C)cnn1C1CCS(=O)(=O)C1. The van der Waals surface area contributed by atoms with E-state index < -0.39 is 9.84 Å². The summed E-state index contributed by atoms with van der Waals surface area (Å²) in [6.45, 7) is 2.16. The maximum absolute atomic E-state index is 12.3. The highest BCUT2D eigenvalue weighted by Crippen LogP contribution is 2.25. The van der Waals surface area contributed by atoms with Gasteiger partial charge in [-0.2, -0.15) is 10.2 Å². The zero-order valence-corrected chi connectivity index (χ0v) is 13.9. The van der Waals surface area contributed by atoms with Gasteiger partial charge in [-0.15, -0.1) is 0 Å². The van der Waals surface area contributed by atoms with Crippen molar-refractivity contribution >= 4 is 15.7 Å². The minimum atomic E-state index is -2.99. The lowest BCUT2D eigenvalue weighted by molar-refractivity contribution is 0.0949. The summed E-state index contributed by atoms with van der Waals surface area (Å²) in [7, 11) is -1.18. The van der Waals surface area contributed by atoms with E-state index >= 15 is 0 Å². The minimum absolute atomic E-state index is 0.0889. The summed E-state index contributed by atoms with van der Waals surface area (Å²) in [5.74, 6) is 0.0423. The van der Waals surface area contributed by atoms with Gasteiger partial charge < -0.3 is 5.32 Å². The van der Waals surface area contributed by atoms with Gasteiger partial charge in [-0.25, -0.2) is 8.42 Å². The molecule has 0 spiro atoms. The molecule has 2 aromatic rings. The molecule has 1 aliphatic heterocycles. The quantitative estimate of drug-likeness (QED) is 0.860. The zero-order chi connectivity index (χ0) is 16.6. The van der Waals surface area contributed by atoms with Gasteiger partial charge in [-0.05, 0) is 19.4 Å². The van der Waals surface area contributed by atoms with Crippen LogP contribution >= 0.6 is 0 Å². The van der Waals surface area contributed by atoms with E-state index in [4.69, 9.17) is 0 Å². The summed E-state index contributed by atoms with van der Waals surface area (Å²) >= 11 is 0. The number of rotatable bonds is 4. The van der Waals surface area contributed by atoms with E-state index in [1.807, 2.05) is 13.1 Å². The van der Waals surface area contributed by atoms with Crippen molar-refractivity contribution in [2.45, 2.75) is 25.9 Å². The molecular weight excluding hydrogens is 318 g/mol. The summed E-state index contributed by atoms with van der Waals surface area (Å²) in [4.78, 5) is 12.3. The number of hydrogen-bond donors (Lipinski definition) is 1. The number of nitrogens with one attached hydrogen (secondary N) is 1. The Hall–Kier alpha value is -2.16. The molecule has 0 radical (unpaired) electrons. The molecule has 1 saturated heterocycles. The first-order valence-electron chi connectivity index (χ1n) is 7.37. The normalized spacial score (nSPS) is 19.8. The minimum Gasteiger partial charge on any atom is -0.346 e. The Balaban J connectivity index is 1.71. The smallest absolute Gasteiger partial charge is 0.255 e. The van der Waals surface area contributed by atoms with Crippen molar-refractivity contribution in [2.24, 2.45) is 7.05 Å². The molecule has 1 amide bonds. The molecule has 1 N–H and O–H groups in total. The van der Waals surface area contributed by atoms with E-state index in [-0.39, 0.29) is 23.5 Å². The van der Waals surface area contributed by atoms with Gasteiger partial charge in [0.1, 0.15) is 0 Å². The van der Waals surface area contributed by atoms with Crippen molar-refractivity contribution in [1.82, 2.24) is 24.9 Å². The van der Waals surface area contributed by atoms with Crippen molar-refractivity contribution in [3.05, 3.63) is 35.4 Å². The first-order chi connectivity index (χ1) is 10.9. The first kappa shape index (κ1) is 15.7. The van der Waals surface area contributed by atoms with Crippen LogP contribution in [0, 0.1) is 6.92 Å². The molecule has 1 fully saturated rings. The number of aryl methyl sites for hydroxylation is 1. The van der Waals surface area contributed by atoms with E-state index in [9.17, 15) is 13.2 Å². The molecule has 23 heavy (non-hydrogen) atoms. The molecule has 8 nitrogen and oxygen atoms in total. The van der Waals surface area contributed by atoms with Gasteiger partial charge in [-0.1, -0.05) is 0 Å². The molecule has 0 saturated carbocycles. The summed E-state index contributed by atoms with van der Waals surface area (Å²) in [5, 5.41) is 11.1. The summed E-state index contributed by atoms with van der Waals surface area (Å²) in [6.07, 6.45) is 3.71. The predicted octanol–water partition coefficient (Wildman–Crippen LogP) is 0.215. The summed E-state index contributed by atoms with van der Waals surface area (Å²) in [6, 6.07) is 1.65. The Labute approximate surface area is 134 Å². The fraction of sp³-hybridized carbons (Fsp3) is 0.500. The Morgan fingerprint density at radius 1 is 1.43 bits per heavy atom. The third-order valence-electron chi connectivity index (χ3n) is 4.20. The Kier molecular flexibility index (Phi) is 3.97. The molecule has 0 aromatic carbocycles. The number of amides is 1. The lowest BCUT2D eigenvalue weighted by Crippen LogP contribution is -2.24. The molecule has 1 atom stereocenters. The highest BCUT2D eigenvalue weighted by Gasteiger charge is 2.31. The van der Waals surface area contributed by atoms with Crippen LogP contribution in [0.2, 0.25) is 0 Å². The van der Waals surface area contributed by atoms with Crippen LogP contribution in [0.15, 0.2) is 18.5 Å². The molecule has 0 aliphatic carbocycles. The van der Waals surface area contributed by atoms with Gasteiger partial charge in [0, 0.05) is 18.9 Å². The van der Waals surface area contributed by atoms with Crippen LogP contribution in [-0.2, 0) is 23.4 Å². The van der Waals surface area contributed by atoms with E-state index in [0.29, 0.717) is 24.2 Å². The average molecular weight is 337 g/mol. The molecule has 0 bridgehead atoms. The van der Waals surface area contributed by atoms with E-state index in [1.165, 1.54) is 6.20 Å². The summed E-state index contributed by atoms with van der Waals surface area (Å²) in [5.41, 5.74) is 2.05. The highest BCUT2D eigenvalue weighted by atomic mass is 32.2. The molecule has 3 heterocycles. The lowest BCUT2D eigenvalue weighted by Gasteiger charge is -2.11. The molecule has 3 rings (SSSR count). The van der Waals surface area contributed by atoms with Crippen LogP contribution in [0.4, 0.5) is 0 Å². The van der Waals surface area contributed by atoms with E-state index in [0.717, 1.165) is 5.69 Å². The second-order valence-corrected chi connectivity index (χ2v) is 8.00. The Bertz CT molecular complexity index is 836. The van der Waals surface area contributed by atoms with Crippen molar-refractivity contribution in [1.29, 1.82) is 0 Å². The predicted molar refractivity (Wildman–Crippen MR) is 83.7 cm³/mol. The van der Waals surface area contributed by atoms with Crippen molar-refractivity contribution in [2.75, 3.05) is 11.5 Å². The second kappa shape index (κ2) is 5.80. The second-order valence-electron chi connectivity index (χ2n) is 5.77. The van der Waals surface area contributed by atoms with Gasteiger partial charge in [0.2, 0.25) is 0 Å². The fourth-order valence-corrected chi connectivity index (χ4v) is 4.52. The lowest BCUT2D eigenvalue weighted by atomic mass is 10.2. The summed E-state index contributed by atoms with van der Waals surface area (Å²) < 4.78 is 26.6. The maximum atomic E-state index is 12.3. The topological polar surface area (TPSA) is 98.9 Å². The van der Waals surface area contributed by atoms with Crippen molar-refractivity contribution in [3.63, 3.8) is 0 Å². The molecule has 124 valence electrons. The van der Waals surface area contributed by atoms with Gasteiger partial charge in [0.05, 0.1) is 41.5 Å². The molecule has 9 heteroatoms. The van der Waals surface area contributed by atoms with Crippen LogP contribution in [-0.4, -0.2) is 45.4 Å². The monoisotopic (exact) mass is 337 g/mol. The van der Waals surface area contributed by atoms with E-state index in [2.05, 4.69) is 15.5 Å². The van der Waals surface area contributed by atoms with Crippen LogP contribution in [0.25, 0.3) is 0 Å². The molecule has 1 aliphatic rings. The van der Waals surface area contributed by atoms with Crippen LogP contribution < -0.4 is 5.32 Å². The Morgan fingerprint density at radius 2 is 2.22 bits per heavy atom. The van der Waals surface area contributed by atoms with Gasteiger partial charge in [0.25, 0.3) is 5.91 Å². The van der Waals surface area contributed by atoms with Crippen LogP contribution in [0.1, 0.15) is 34.2 Å². The highest BCUT2D eigenvalue weighted by molar-refractivity contribution is 7.91. The van der Waals surface area contributed by atoms with Crippen molar-refractivity contribution < 1.29 is 13.2 Å². The number of carbonyl (C=O) groups is 1. The molecule has 2 aromatic heterocycles. The van der Waals surface area contributed by atoms with E-state index in [1.54, 1.807) is 22.5 Å². The van der Waals surface area contributed by atoms with Crippen LogP contribution in [0.3, 0.4) is 0 Å². The fourth-order valence-electron chi connectivity index (χ4n) is 2.82. The van der Waals surface area contributed by atoms with Gasteiger partial charge in [-0.3, -0.25) is 14.2 Å². The molecule has 1 unspecified atom stereocenters. The standard InChI is InChI=1S/C14H19N5O3S/c1-10-13(14(20)15-7-11-3-5-16-18(11)2)8-17-19(10)12-4-6-23(21,22)9-12/h3,5,8,12H,4,6-7,9H2,1-2H3,(H,15,20). The largest absolute Gasteiger partial charge is 0.346 e. The first-order valence-corrected chi connectivity index (χ1v) is 9.19. The number of sulfone groups is 1. The Morgan fingerprint density at radius 3 is 2.83 bits per heavy atom. The van der Waals surface area contributed by atoms with Gasteiger partial charge >= 0.3 is 0 Å². The number of hydrogen-bond acceptors (Lipinski definition) is 5. The number of carbonyl (C=O) groups excluding carboxylic acids is 1. The van der Waals surface area contributed by atoms with Crippen molar-refractivity contribution in [3.8, 4) is 0 Å². The maximum Gasteiger partial charge on any atom is 0.255 e. The molecular formula is C14H19N5O3S. The average Bonchev–Trinajstić information content (AvgIpc) is 3.16. The zero-order valence-electron chi connectivity index (χ0n) is 13.1. The third kappa shape index (κ3) is 3.14. The number of aromatic nitrogens is 4. The third-order valence-corrected chi connectivity index (χ3v) is 5.95. The van der Waals surface area contributed by atoms with Gasteiger partial charge in [0.15, 0.2) is 9.84 Å².